The summed E-state index contributed by atoms with van der Waals surface area (Å²) in [5.41, 5.74) is 1.81. The van der Waals surface area contributed by atoms with Crippen molar-refractivity contribution in [2.75, 3.05) is 5.32 Å². The maximum absolute atomic E-state index is 12.2. The van der Waals surface area contributed by atoms with E-state index >= 15 is 0 Å². The van der Waals surface area contributed by atoms with E-state index in [1.54, 1.807) is 36.4 Å². The molecule has 0 saturated heterocycles. The summed E-state index contributed by atoms with van der Waals surface area (Å²) in [6.07, 6.45) is 0. The molecule has 0 atom stereocenters. The molecule has 1 aromatic heterocycles. The number of rotatable bonds is 5. The molecule has 3 rings (SSSR count). The molecule has 0 spiro atoms. The zero-order valence-electron chi connectivity index (χ0n) is 13.1. The summed E-state index contributed by atoms with van der Waals surface area (Å²) in [5.74, 6) is 1.20. The summed E-state index contributed by atoms with van der Waals surface area (Å²) in [6, 6.07) is 18.0. The van der Waals surface area contributed by atoms with Gasteiger partial charge in [-0.05, 0) is 61.0 Å². The molecule has 122 valence electrons. The Bertz CT molecular complexity index is 840. The van der Waals surface area contributed by atoms with Gasteiger partial charge in [-0.1, -0.05) is 23.7 Å². The third-order valence-electron chi connectivity index (χ3n) is 3.36. The molecular weight excluding hydrogens is 326 g/mol. The second-order valence-electron chi connectivity index (χ2n) is 5.33. The molecule has 4 nitrogen and oxygen atoms in total. The van der Waals surface area contributed by atoms with Gasteiger partial charge >= 0.3 is 0 Å². The number of hydrogen-bond acceptors (Lipinski definition) is 3. The predicted molar refractivity (Wildman–Crippen MR) is 93.6 cm³/mol. The molecule has 0 aliphatic rings. The average molecular weight is 342 g/mol. The van der Waals surface area contributed by atoms with Gasteiger partial charge in [-0.15, -0.1) is 0 Å². The van der Waals surface area contributed by atoms with E-state index in [4.69, 9.17) is 20.8 Å². The number of halogens is 1. The van der Waals surface area contributed by atoms with E-state index in [1.807, 2.05) is 31.2 Å². The first-order chi connectivity index (χ1) is 11.6. The van der Waals surface area contributed by atoms with Crippen LogP contribution in [0, 0.1) is 6.92 Å². The van der Waals surface area contributed by atoms with Crippen molar-refractivity contribution in [3.63, 3.8) is 0 Å². The second kappa shape index (κ2) is 7.23. The van der Waals surface area contributed by atoms with Crippen molar-refractivity contribution < 1.29 is 13.9 Å². The molecule has 1 N–H and O–H groups in total. The van der Waals surface area contributed by atoms with Crippen LogP contribution in [-0.4, -0.2) is 5.91 Å². The number of furan rings is 1. The number of anilines is 1. The molecule has 2 aromatic carbocycles. The number of carbonyl (C=O) groups is 1. The van der Waals surface area contributed by atoms with Gasteiger partial charge in [0.2, 0.25) is 0 Å². The van der Waals surface area contributed by atoms with Gasteiger partial charge < -0.3 is 14.5 Å². The molecule has 0 fully saturated rings. The van der Waals surface area contributed by atoms with Crippen molar-refractivity contribution in [3.05, 3.63) is 82.8 Å². The van der Waals surface area contributed by atoms with E-state index in [9.17, 15) is 4.79 Å². The van der Waals surface area contributed by atoms with Gasteiger partial charge in [-0.3, -0.25) is 4.79 Å². The molecule has 0 bridgehead atoms. The fourth-order valence-corrected chi connectivity index (χ4v) is 2.30. The number of hydrogen-bond donors (Lipinski definition) is 1. The minimum absolute atomic E-state index is 0.235. The maximum atomic E-state index is 12.2. The Labute approximate surface area is 145 Å². The van der Waals surface area contributed by atoms with Gasteiger partial charge in [-0.2, -0.15) is 0 Å². The molecule has 0 saturated carbocycles. The molecule has 0 aliphatic carbocycles. The SMILES string of the molecule is Cc1cccc(NC(=O)c2ccc(COc3ccc(Cl)cc3)o2)c1. The Hall–Kier alpha value is -2.72. The van der Waals surface area contributed by atoms with Crippen LogP contribution in [0.15, 0.2) is 65.1 Å². The van der Waals surface area contributed by atoms with Gasteiger partial charge in [0.05, 0.1) is 0 Å². The lowest BCUT2D eigenvalue weighted by atomic mass is 10.2. The third-order valence-corrected chi connectivity index (χ3v) is 3.61. The van der Waals surface area contributed by atoms with Crippen molar-refractivity contribution >= 4 is 23.2 Å². The van der Waals surface area contributed by atoms with Crippen molar-refractivity contribution in [2.45, 2.75) is 13.5 Å². The normalized spacial score (nSPS) is 10.4. The lowest BCUT2D eigenvalue weighted by molar-refractivity contribution is 0.0992. The Morgan fingerprint density at radius 3 is 2.67 bits per heavy atom. The second-order valence-corrected chi connectivity index (χ2v) is 5.77. The molecule has 0 radical (unpaired) electrons. The van der Waals surface area contributed by atoms with Gasteiger partial charge in [0.15, 0.2) is 5.76 Å². The van der Waals surface area contributed by atoms with E-state index in [2.05, 4.69) is 5.32 Å². The Kier molecular flexibility index (Phi) is 4.87. The van der Waals surface area contributed by atoms with Crippen molar-refractivity contribution in [3.8, 4) is 5.75 Å². The van der Waals surface area contributed by atoms with Crippen LogP contribution in [0.25, 0.3) is 0 Å². The van der Waals surface area contributed by atoms with E-state index in [0.29, 0.717) is 16.5 Å². The predicted octanol–water partition coefficient (Wildman–Crippen LogP) is 5.07. The lowest BCUT2D eigenvalue weighted by Crippen LogP contribution is -2.10. The Balaban J connectivity index is 1.60. The van der Waals surface area contributed by atoms with Gasteiger partial charge in [0.1, 0.15) is 18.1 Å². The van der Waals surface area contributed by atoms with Crippen LogP contribution in [0.3, 0.4) is 0 Å². The molecule has 0 unspecified atom stereocenters. The van der Waals surface area contributed by atoms with E-state index < -0.39 is 0 Å². The highest BCUT2D eigenvalue weighted by Crippen LogP contribution is 2.18. The minimum Gasteiger partial charge on any atom is -0.486 e. The highest BCUT2D eigenvalue weighted by Gasteiger charge is 2.12. The fourth-order valence-electron chi connectivity index (χ4n) is 2.18. The summed E-state index contributed by atoms with van der Waals surface area (Å²) in [6.45, 7) is 2.20. The number of benzene rings is 2. The van der Waals surface area contributed by atoms with Crippen LogP contribution in [0.2, 0.25) is 5.02 Å². The number of amides is 1. The quantitative estimate of drug-likeness (QED) is 0.704. The van der Waals surface area contributed by atoms with Gasteiger partial charge in [0, 0.05) is 10.7 Å². The first kappa shape index (κ1) is 16.1. The standard InChI is InChI=1S/C19H16ClNO3/c1-13-3-2-4-15(11-13)21-19(22)18-10-9-17(24-18)12-23-16-7-5-14(20)6-8-16/h2-11H,12H2,1H3,(H,21,22). The Morgan fingerprint density at radius 2 is 1.92 bits per heavy atom. The van der Waals surface area contributed by atoms with E-state index in [1.165, 1.54) is 0 Å². The zero-order valence-corrected chi connectivity index (χ0v) is 13.8. The van der Waals surface area contributed by atoms with Crippen LogP contribution in [0.1, 0.15) is 21.9 Å². The number of aryl methyl sites for hydroxylation is 1. The summed E-state index contributed by atoms with van der Waals surface area (Å²) in [5, 5.41) is 3.45. The average Bonchev–Trinajstić information content (AvgIpc) is 3.03. The summed E-state index contributed by atoms with van der Waals surface area (Å²) < 4.78 is 11.1. The Morgan fingerprint density at radius 1 is 1.12 bits per heavy atom. The summed E-state index contributed by atoms with van der Waals surface area (Å²) >= 11 is 5.82. The lowest BCUT2D eigenvalue weighted by Gasteiger charge is -2.05. The highest BCUT2D eigenvalue weighted by molar-refractivity contribution is 6.30. The van der Waals surface area contributed by atoms with Crippen LogP contribution in [-0.2, 0) is 6.61 Å². The first-order valence-electron chi connectivity index (χ1n) is 7.45. The molecular formula is C19H16ClNO3. The van der Waals surface area contributed by atoms with Crippen LogP contribution >= 0.6 is 11.6 Å². The smallest absolute Gasteiger partial charge is 0.291 e. The number of carbonyl (C=O) groups excluding carboxylic acids is 1. The van der Waals surface area contributed by atoms with Crippen LogP contribution < -0.4 is 10.1 Å². The monoisotopic (exact) mass is 341 g/mol. The van der Waals surface area contributed by atoms with Crippen molar-refractivity contribution in [1.82, 2.24) is 0 Å². The summed E-state index contributed by atoms with van der Waals surface area (Å²) in [7, 11) is 0. The van der Waals surface area contributed by atoms with Crippen molar-refractivity contribution in [2.24, 2.45) is 0 Å². The topological polar surface area (TPSA) is 51.5 Å². The van der Waals surface area contributed by atoms with Crippen LogP contribution in [0.5, 0.6) is 5.75 Å². The number of ether oxygens (including phenoxy) is 1. The van der Waals surface area contributed by atoms with Gasteiger partial charge in [0.25, 0.3) is 5.91 Å². The maximum Gasteiger partial charge on any atom is 0.291 e. The zero-order chi connectivity index (χ0) is 16.9. The molecule has 3 aromatic rings. The molecule has 24 heavy (non-hydrogen) atoms. The highest BCUT2D eigenvalue weighted by atomic mass is 35.5. The minimum atomic E-state index is -0.293. The third kappa shape index (κ3) is 4.18. The molecule has 0 aliphatic heterocycles. The van der Waals surface area contributed by atoms with Gasteiger partial charge in [-0.25, -0.2) is 0 Å². The molecule has 5 heteroatoms. The first-order valence-corrected chi connectivity index (χ1v) is 7.83. The fraction of sp³-hybridized carbons (Fsp3) is 0.105. The van der Waals surface area contributed by atoms with E-state index in [0.717, 1.165) is 11.3 Å². The molecule has 1 amide bonds. The summed E-state index contributed by atoms with van der Waals surface area (Å²) in [4.78, 5) is 12.2. The molecule has 1 heterocycles. The number of nitrogens with one attached hydrogen (secondary N) is 1. The van der Waals surface area contributed by atoms with Crippen LogP contribution in [0.4, 0.5) is 5.69 Å². The van der Waals surface area contributed by atoms with E-state index in [-0.39, 0.29) is 18.3 Å². The largest absolute Gasteiger partial charge is 0.486 e. The van der Waals surface area contributed by atoms with Crippen molar-refractivity contribution in [1.29, 1.82) is 0 Å².